The molecule has 1 heterocycles. The number of hydrogen-bond donors (Lipinski definition) is 1. The molecule has 2 aliphatic carbocycles. The molecular formula is C24H33FN4O2S. The molecule has 4 rings (SSSR count). The van der Waals surface area contributed by atoms with Crippen LogP contribution in [0.5, 0.6) is 5.75 Å². The Morgan fingerprint density at radius 2 is 2.06 bits per heavy atom. The minimum Gasteiger partial charge on any atom is -0.483 e. The van der Waals surface area contributed by atoms with Crippen LogP contribution < -0.4 is 10.1 Å². The molecule has 0 spiro atoms. The van der Waals surface area contributed by atoms with Gasteiger partial charge in [-0.3, -0.25) is 9.36 Å². The van der Waals surface area contributed by atoms with E-state index in [-0.39, 0.29) is 35.6 Å². The van der Waals surface area contributed by atoms with Crippen molar-refractivity contribution in [1.29, 1.82) is 0 Å². The number of thioether (sulfide) groups is 1. The van der Waals surface area contributed by atoms with Crippen molar-refractivity contribution in [1.82, 2.24) is 20.1 Å². The number of nitrogens with one attached hydrogen (secondary N) is 1. The summed E-state index contributed by atoms with van der Waals surface area (Å²) in [6.45, 7) is 8.25. The smallest absolute Gasteiger partial charge is 0.230 e. The van der Waals surface area contributed by atoms with Gasteiger partial charge in [-0.2, -0.15) is 0 Å². The number of ether oxygens (including phenoxy) is 1. The van der Waals surface area contributed by atoms with Gasteiger partial charge in [0.25, 0.3) is 0 Å². The number of benzene rings is 1. The molecular weight excluding hydrogens is 427 g/mol. The SMILES string of the molecule is CC(C1CC2CCC1C2)n1c(COc2ccccc2F)nnc1SCC(=O)NC(C)(C)C. The summed E-state index contributed by atoms with van der Waals surface area (Å²) in [7, 11) is 0. The fourth-order valence-electron chi connectivity index (χ4n) is 5.28. The molecule has 32 heavy (non-hydrogen) atoms. The van der Waals surface area contributed by atoms with Crippen molar-refractivity contribution in [2.24, 2.45) is 17.8 Å². The number of carbonyl (C=O) groups excluding carboxylic acids is 1. The first kappa shape index (κ1) is 23.1. The highest BCUT2D eigenvalue weighted by molar-refractivity contribution is 7.99. The van der Waals surface area contributed by atoms with Crippen LogP contribution >= 0.6 is 11.8 Å². The monoisotopic (exact) mass is 460 g/mol. The zero-order chi connectivity index (χ0) is 22.9. The molecule has 2 fully saturated rings. The zero-order valence-corrected chi connectivity index (χ0v) is 20.1. The number of hydrogen-bond acceptors (Lipinski definition) is 5. The van der Waals surface area contributed by atoms with E-state index in [1.165, 1.54) is 43.5 Å². The summed E-state index contributed by atoms with van der Waals surface area (Å²) in [4.78, 5) is 12.4. The topological polar surface area (TPSA) is 69.0 Å². The first-order valence-corrected chi connectivity index (χ1v) is 12.4. The number of amides is 1. The van der Waals surface area contributed by atoms with Crippen LogP contribution in [0.25, 0.3) is 0 Å². The van der Waals surface area contributed by atoms with Crippen LogP contribution in [0, 0.1) is 23.6 Å². The lowest BCUT2D eigenvalue weighted by Gasteiger charge is -2.30. The predicted octanol–water partition coefficient (Wildman–Crippen LogP) is 5.00. The largest absolute Gasteiger partial charge is 0.483 e. The summed E-state index contributed by atoms with van der Waals surface area (Å²) in [5.41, 5.74) is -0.277. The molecule has 174 valence electrons. The van der Waals surface area contributed by atoms with Crippen molar-refractivity contribution in [3.63, 3.8) is 0 Å². The molecule has 4 atom stereocenters. The number of para-hydroxylation sites is 1. The number of halogens is 1. The van der Waals surface area contributed by atoms with E-state index >= 15 is 0 Å². The van der Waals surface area contributed by atoms with E-state index in [9.17, 15) is 9.18 Å². The lowest BCUT2D eigenvalue weighted by molar-refractivity contribution is -0.119. The maximum atomic E-state index is 14.0. The van der Waals surface area contributed by atoms with Crippen LogP contribution in [0.15, 0.2) is 29.4 Å². The van der Waals surface area contributed by atoms with E-state index < -0.39 is 5.82 Å². The van der Waals surface area contributed by atoms with E-state index in [1.54, 1.807) is 18.2 Å². The lowest BCUT2D eigenvalue weighted by Crippen LogP contribution is -2.41. The van der Waals surface area contributed by atoms with E-state index in [0.29, 0.717) is 11.7 Å². The molecule has 1 N–H and O–H groups in total. The number of carbonyl (C=O) groups is 1. The Bertz CT molecular complexity index is 958. The second kappa shape index (κ2) is 9.41. The fraction of sp³-hybridized carbons (Fsp3) is 0.625. The van der Waals surface area contributed by atoms with Crippen LogP contribution in [-0.4, -0.2) is 32.0 Å². The highest BCUT2D eigenvalue weighted by Gasteiger charge is 2.43. The van der Waals surface area contributed by atoms with Gasteiger partial charge in [0.2, 0.25) is 5.91 Å². The standard InChI is InChI=1S/C24H33FN4O2S/c1-15(18-12-16-9-10-17(18)11-16)29-21(13-31-20-8-6-5-7-19(20)25)27-28-23(29)32-14-22(30)26-24(2,3)4/h5-8,15-18H,9-14H2,1-4H3,(H,26,30). The molecule has 1 amide bonds. The summed E-state index contributed by atoms with van der Waals surface area (Å²) >= 11 is 1.40. The summed E-state index contributed by atoms with van der Waals surface area (Å²) in [6, 6.07) is 6.58. The third-order valence-electron chi connectivity index (χ3n) is 6.60. The van der Waals surface area contributed by atoms with Gasteiger partial charge in [-0.05, 0) is 76.8 Å². The molecule has 2 aromatic rings. The molecule has 2 bridgehead atoms. The molecule has 0 aliphatic heterocycles. The normalized spacial score (nSPS) is 23.3. The molecule has 6 nitrogen and oxygen atoms in total. The van der Waals surface area contributed by atoms with Crippen molar-refractivity contribution in [3.05, 3.63) is 35.9 Å². The van der Waals surface area contributed by atoms with Gasteiger partial charge < -0.3 is 10.1 Å². The first-order valence-electron chi connectivity index (χ1n) is 11.5. The second-order valence-electron chi connectivity index (χ2n) is 10.2. The third kappa shape index (κ3) is 5.27. The zero-order valence-electron chi connectivity index (χ0n) is 19.3. The average molecular weight is 461 g/mol. The van der Waals surface area contributed by atoms with Crippen LogP contribution in [0.2, 0.25) is 0 Å². The Hall–Kier alpha value is -2.09. The minimum atomic E-state index is -0.395. The Labute approximate surface area is 193 Å². The van der Waals surface area contributed by atoms with Crippen molar-refractivity contribution in [2.75, 3.05) is 5.75 Å². The maximum Gasteiger partial charge on any atom is 0.230 e. The summed E-state index contributed by atoms with van der Waals surface area (Å²) in [6.07, 6.45) is 5.17. The van der Waals surface area contributed by atoms with Gasteiger partial charge in [0.15, 0.2) is 22.5 Å². The molecule has 0 saturated heterocycles. The first-order chi connectivity index (χ1) is 15.2. The van der Waals surface area contributed by atoms with Gasteiger partial charge in [-0.25, -0.2) is 4.39 Å². The fourth-order valence-corrected chi connectivity index (χ4v) is 6.12. The van der Waals surface area contributed by atoms with Gasteiger partial charge in [-0.1, -0.05) is 30.3 Å². The average Bonchev–Trinajstić information content (AvgIpc) is 3.45. The maximum absolute atomic E-state index is 14.0. The Balaban J connectivity index is 1.53. The summed E-state index contributed by atoms with van der Waals surface area (Å²) < 4.78 is 21.9. The van der Waals surface area contributed by atoms with Crippen LogP contribution in [0.1, 0.15) is 65.2 Å². The van der Waals surface area contributed by atoms with E-state index in [0.717, 1.165) is 17.0 Å². The van der Waals surface area contributed by atoms with Gasteiger partial charge in [0, 0.05) is 11.6 Å². The summed E-state index contributed by atoms with van der Waals surface area (Å²) in [5.74, 6) is 2.85. The molecule has 2 saturated carbocycles. The van der Waals surface area contributed by atoms with Crippen molar-refractivity contribution >= 4 is 17.7 Å². The van der Waals surface area contributed by atoms with Gasteiger partial charge in [0.1, 0.15) is 6.61 Å². The Kier molecular flexibility index (Phi) is 6.79. The molecule has 2 aliphatic rings. The van der Waals surface area contributed by atoms with Gasteiger partial charge in [-0.15, -0.1) is 10.2 Å². The van der Waals surface area contributed by atoms with Crippen LogP contribution in [-0.2, 0) is 11.4 Å². The Morgan fingerprint density at radius 3 is 2.72 bits per heavy atom. The number of fused-ring (bicyclic) bond motifs is 2. The highest BCUT2D eigenvalue weighted by Crippen LogP contribution is 2.52. The molecule has 1 aromatic carbocycles. The number of nitrogens with zero attached hydrogens (tertiary/aromatic N) is 3. The third-order valence-corrected chi connectivity index (χ3v) is 7.54. The Morgan fingerprint density at radius 1 is 1.28 bits per heavy atom. The van der Waals surface area contributed by atoms with Crippen molar-refractivity contribution in [3.8, 4) is 5.75 Å². The van der Waals surface area contributed by atoms with Crippen molar-refractivity contribution < 1.29 is 13.9 Å². The summed E-state index contributed by atoms with van der Waals surface area (Å²) in [5, 5.41) is 12.5. The quantitative estimate of drug-likeness (QED) is 0.562. The highest BCUT2D eigenvalue weighted by atomic mass is 32.2. The van der Waals surface area contributed by atoms with Gasteiger partial charge in [0.05, 0.1) is 5.75 Å². The molecule has 0 radical (unpaired) electrons. The molecule has 4 unspecified atom stereocenters. The lowest BCUT2D eigenvalue weighted by atomic mass is 9.84. The minimum absolute atomic E-state index is 0.0335. The molecule has 8 heteroatoms. The number of rotatable bonds is 8. The van der Waals surface area contributed by atoms with Crippen LogP contribution in [0.4, 0.5) is 4.39 Å². The predicted molar refractivity (Wildman–Crippen MR) is 123 cm³/mol. The second-order valence-corrected chi connectivity index (χ2v) is 11.1. The van der Waals surface area contributed by atoms with Gasteiger partial charge >= 0.3 is 0 Å². The van der Waals surface area contributed by atoms with E-state index in [4.69, 9.17) is 4.74 Å². The van der Waals surface area contributed by atoms with Crippen molar-refractivity contribution in [2.45, 2.75) is 76.7 Å². The molecule has 1 aromatic heterocycles. The van der Waals surface area contributed by atoms with E-state index in [2.05, 4.69) is 27.0 Å². The number of aromatic nitrogens is 3. The van der Waals surface area contributed by atoms with E-state index in [1.807, 2.05) is 20.8 Å². The van der Waals surface area contributed by atoms with Crippen LogP contribution in [0.3, 0.4) is 0 Å².